The van der Waals surface area contributed by atoms with Crippen molar-refractivity contribution in [2.45, 2.75) is 32.5 Å². The van der Waals surface area contributed by atoms with E-state index >= 15 is 0 Å². The second-order valence-electron chi connectivity index (χ2n) is 6.39. The monoisotopic (exact) mass is 469 g/mol. The van der Waals surface area contributed by atoms with E-state index in [1.165, 1.54) is 5.56 Å². The number of halogens is 1. The fraction of sp³-hybridized carbons (Fsp3) is 0.450. The lowest BCUT2D eigenvalue weighted by molar-refractivity contribution is 0.238. The van der Waals surface area contributed by atoms with Crippen LogP contribution in [0.15, 0.2) is 59.9 Å². The fourth-order valence-corrected chi connectivity index (χ4v) is 2.69. The summed E-state index contributed by atoms with van der Waals surface area (Å²) in [6, 6.07) is 15.2. The zero-order valence-corrected chi connectivity index (χ0v) is 18.4. The lowest BCUT2D eigenvalue weighted by atomic mass is 10.1. The van der Waals surface area contributed by atoms with Crippen molar-refractivity contribution >= 4 is 29.9 Å². The SMILES string of the molecule is CN=C(NCCC(C)N(C)Cc1ccccc1)NCCn1cccc1.I. The molecule has 1 heterocycles. The summed E-state index contributed by atoms with van der Waals surface area (Å²) in [5, 5.41) is 6.76. The Kier molecular flexibility index (Phi) is 11.0. The van der Waals surface area contributed by atoms with Crippen LogP contribution in [0.2, 0.25) is 0 Å². The van der Waals surface area contributed by atoms with Gasteiger partial charge in [0.05, 0.1) is 0 Å². The molecule has 5 nitrogen and oxygen atoms in total. The van der Waals surface area contributed by atoms with Gasteiger partial charge in [0.2, 0.25) is 0 Å². The lowest BCUT2D eigenvalue weighted by Gasteiger charge is -2.25. The van der Waals surface area contributed by atoms with Crippen LogP contribution >= 0.6 is 24.0 Å². The van der Waals surface area contributed by atoms with Crippen molar-refractivity contribution in [1.82, 2.24) is 20.1 Å². The van der Waals surface area contributed by atoms with Crippen molar-refractivity contribution in [2.75, 3.05) is 27.2 Å². The summed E-state index contributed by atoms with van der Waals surface area (Å²) in [4.78, 5) is 6.68. The summed E-state index contributed by atoms with van der Waals surface area (Å²) in [5.41, 5.74) is 1.35. The maximum absolute atomic E-state index is 4.29. The van der Waals surface area contributed by atoms with E-state index in [0.717, 1.165) is 38.6 Å². The third kappa shape index (κ3) is 8.23. The molecule has 0 spiro atoms. The molecule has 1 aromatic carbocycles. The Bertz CT molecular complexity index is 612. The molecule has 2 N–H and O–H groups in total. The maximum atomic E-state index is 4.29. The first-order valence-corrected chi connectivity index (χ1v) is 8.98. The summed E-state index contributed by atoms with van der Waals surface area (Å²) >= 11 is 0. The normalized spacial score (nSPS) is 12.5. The van der Waals surface area contributed by atoms with E-state index in [4.69, 9.17) is 0 Å². The van der Waals surface area contributed by atoms with E-state index in [0.29, 0.717) is 6.04 Å². The predicted molar refractivity (Wildman–Crippen MR) is 121 cm³/mol. The van der Waals surface area contributed by atoms with Gasteiger partial charge in [-0.1, -0.05) is 30.3 Å². The first-order valence-electron chi connectivity index (χ1n) is 8.98. The van der Waals surface area contributed by atoms with Gasteiger partial charge in [0.25, 0.3) is 0 Å². The highest BCUT2D eigenvalue weighted by Crippen LogP contribution is 2.07. The summed E-state index contributed by atoms with van der Waals surface area (Å²) < 4.78 is 2.15. The second kappa shape index (κ2) is 12.8. The topological polar surface area (TPSA) is 44.6 Å². The molecule has 0 bridgehead atoms. The average molecular weight is 469 g/mol. The number of aliphatic imine (C=N–C) groups is 1. The minimum Gasteiger partial charge on any atom is -0.356 e. The molecule has 0 aliphatic carbocycles. The van der Waals surface area contributed by atoms with Crippen LogP contribution in [0.3, 0.4) is 0 Å². The average Bonchev–Trinajstić information content (AvgIpc) is 3.14. The predicted octanol–water partition coefficient (Wildman–Crippen LogP) is 3.18. The standard InChI is InChI=1S/C20H31N5.HI/c1-18(24(3)17-19-9-5-4-6-10-19)11-12-22-20(21-2)23-13-16-25-14-7-8-15-25;/h4-10,14-15,18H,11-13,16-17H2,1-3H3,(H2,21,22,23);1H. The van der Waals surface area contributed by atoms with Crippen LogP contribution in [0.4, 0.5) is 0 Å². The highest BCUT2D eigenvalue weighted by molar-refractivity contribution is 14.0. The fourth-order valence-electron chi connectivity index (χ4n) is 2.69. The van der Waals surface area contributed by atoms with Crippen molar-refractivity contribution < 1.29 is 0 Å². The van der Waals surface area contributed by atoms with Gasteiger partial charge in [-0.05, 0) is 38.1 Å². The molecular weight excluding hydrogens is 437 g/mol. The van der Waals surface area contributed by atoms with Crippen LogP contribution in [0.1, 0.15) is 18.9 Å². The molecule has 2 aromatic rings. The van der Waals surface area contributed by atoms with Crippen LogP contribution < -0.4 is 10.6 Å². The molecule has 1 unspecified atom stereocenters. The smallest absolute Gasteiger partial charge is 0.191 e. The highest BCUT2D eigenvalue weighted by Gasteiger charge is 2.09. The molecule has 0 fully saturated rings. The number of guanidine groups is 1. The van der Waals surface area contributed by atoms with E-state index < -0.39 is 0 Å². The summed E-state index contributed by atoms with van der Waals surface area (Å²) in [5.74, 6) is 0.866. The number of benzene rings is 1. The van der Waals surface area contributed by atoms with Gasteiger partial charge in [-0.25, -0.2) is 0 Å². The number of nitrogens with zero attached hydrogens (tertiary/aromatic N) is 3. The van der Waals surface area contributed by atoms with Crippen LogP contribution in [-0.4, -0.2) is 48.7 Å². The number of aromatic nitrogens is 1. The molecule has 1 aromatic heterocycles. The highest BCUT2D eigenvalue weighted by atomic mass is 127. The summed E-state index contributed by atoms with van der Waals surface area (Å²) in [6.45, 7) is 5.95. The van der Waals surface area contributed by atoms with Gasteiger partial charge in [-0.2, -0.15) is 0 Å². The third-order valence-corrected chi connectivity index (χ3v) is 4.43. The maximum Gasteiger partial charge on any atom is 0.191 e. The van der Waals surface area contributed by atoms with Crippen molar-refractivity contribution in [3.63, 3.8) is 0 Å². The first-order chi connectivity index (χ1) is 12.2. The zero-order valence-electron chi connectivity index (χ0n) is 16.1. The molecule has 0 aliphatic rings. The summed E-state index contributed by atoms with van der Waals surface area (Å²) in [6.07, 6.45) is 5.21. The Hall–Kier alpha value is -1.54. The van der Waals surface area contributed by atoms with Crippen molar-refractivity contribution in [1.29, 1.82) is 0 Å². The van der Waals surface area contributed by atoms with Gasteiger partial charge in [-0.15, -0.1) is 24.0 Å². The van der Waals surface area contributed by atoms with Gasteiger partial charge < -0.3 is 15.2 Å². The Morgan fingerprint density at radius 3 is 2.38 bits per heavy atom. The van der Waals surface area contributed by atoms with E-state index in [1.807, 2.05) is 19.2 Å². The number of hydrogen-bond donors (Lipinski definition) is 2. The molecule has 144 valence electrons. The Labute approximate surface area is 174 Å². The van der Waals surface area contributed by atoms with Crippen LogP contribution in [0.25, 0.3) is 0 Å². The van der Waals surface area contributed by atoms with E-state index in [2.05, 4.69) is 81.8 Å². The Morgan fingerprint density at radius 1 is 1.08 bits per heavy atom. The van der Waals surface area contributed by atoms with Crippen molar-refractivity contribution in [2.24, 2.45) is 4.99 Å². The summed E-state index contributed by atoms with van der Waals surface area (Å²) in [7, 11) is 4.00. The molecule has 26 heavy (non-hydrogen) atoms. The quantitative estimate of drug-likeness (QED) is 0.337. The largest absolute Gasteiger partial charge is 0.356 e. The Morgan fingerprint density at radius 2 is 1.73 bits per heavy atom. The number of rotatable bonds is 9. The van der Waals surface area contributed by atoms with E-state index in [1.54, 1.807) is 0 Å². The van der Waals surface area contributed by atoms with Crippen molar-refractivity contribution in [3.05, 3.63) is 60.4 Å². The Balaban J connectivity index is 0.00000338. The molecule has 0 aliphatic heterocycles. The van der Waals surface area contributed by atoms with Crippen LogP contribution in [0.5, 0.6) is 0 Å². The van der Waals surface area contributed by atoms with Crippen LogP contribution in [0, 0.1) is 0 Å². The molecule has 1 atom stereocenters. The van der Waals surface area contributed by atoms with Gasteiger partial charge in [0.15, 0.2) is 5.96 Å². The van der Waals surface area contributed by atoms with Gasteiger partial charge in [0, 0.05) is 51.7 Å². The van der Waals surface area contributed by atoms with E-state index in [-0.39, 0.29) is 24.0 Å². The molecule has 0 saturated carbocycles. The minimum atomic E-state index is 0. The minimum absolute atomic E-state index is 0. The second-order valence-corrected chi connectivity index (χ2v) is 6.39. The van der Waals surface area contributed by atoms with Gasteiger partial charge in [0.1, 0.15) is 0 Å². The van der Waals surface area contributed by atoms with E-state index in [9.17, 15) is 0 Å². The molecule has 6 heteroatoms. The van der Waals surface area contributed by atoms with Crippen LogP contribution in [-0.2, 0) is 13.1 Å². The third-order valence-electron chi connectivity index (χ3n) is 4.43. The number of hydrogen-bond acceptors (Lipinski definition) is 2. The molecule has 0 saturated heterocycles. The molecule has 2 rings (SSSR count). The molecule has 0 amide bonds. The number of nitrogens with one attached hydrogen (secondary N) is 2. The zero-order chi connectivity index (χ0) is 17.9. The molecular formula is C20H32IN5. The molecule has 0 radical (unpaired) electrons. The van der Waals surface area contributed by atoms with Gasteiger partial charge in [-0.3, -0.25) is 9.89 Å². The van der Waals surface area contributed by atoms with Crippen molar-refractivity contribution in [3.8, 4) is 0 Å². The van der Waals surface area contributed by atoms with Gasteiger partial charge >= 0.3 is 0 Å². The lowest BCUT2D eigenvalue weighted by Crippen LogP contribution is -2.41. The first kappa shape index (κ1) is 22.5.